The van der Waals surface area contributed by atoms with Crippen LogP contribution in [0, 0.1) is 0 Å². The molecule has 0 spiro atoms. The lowest BCUT2D eigenvalue weighted by molar-refractivity contribution is -0.247. The molecule has 110 valence electrons. The largest absolute Gasteiger partial charge is 0.463 e. The molecule has 1 fully saturated rings. The molecule has 1 aliphatic heterocycles. The van der Waals surface area contributed by atoms with E-state index in [1.165, 1.54) is 13.8 Å². The van der Waals surface area contributed by atoms with Crippen molar-refractivity contribution < 1.29 is 28.5 Å². The van der Waals surface area contributed by atoms with Crippen molar-refractivity contribution in [2.24, 2.45) is 0 Å². The van der Waals surface area contributed by atoms with Gasteiger partial charge in [0, 0.05) is 20.3 Å². The summed E-state index contributed by atoms with van der Waals surface area (Å²) in [5, 5.41) is 0. The summed E-state index contributed by atoms with van der Waals surface area (Å²) in [6, 6.07) is 0. The van der Waals surface area contributed by atoms with Gasteiger partial charge in [-0.15, -0.1) is 0 Å². The molecule has 3 atom stereocenters. The molecule has 1 heterocycles. The summed E-state index contributed by atoms with van der Waals surface area (Å²) >= 11 is 0. The van der Waals surface area contributed by atoms with Gasteiger partial charge >= 0.3 is 11.9 Å². The number of carbonyl (C=O) groups is 2. The summed E-state index contributed by atoms with van der Waals surface area (Å²) in [6.45, 7) is 6.57. The molecule has 6 nitrogen and oxygen atoms in total. The fourth-order valence-corrected chi connectivity index (χ4v) is 1.93. The van der Waals surface area contributed by atoms with Crippen molar-refractivity contribution in [3.05, 3.63) is 0 Å². The van der Waals surface area contributed by atoms with Crippen LogP contribution in [0.5, 0.6) is 0 Å². The Morgan fingerprint density at radius 1 is 1.21 bits per heavy atom. The highest BCUT2D eigenvalue weighted by molar-refractivity contribution is 5.66. The topological polar surface area (TPSA) is 71.1 Å². The lowest BCUT2D eigenvalue weighted by Crippen LogP contribution is -2.45. The predicted octanol–water partition coefficient (Wildman–Crippen LogP) is 1.41. The molecule has 0 N–H and O–H groups in total. The van der Waals surface area contributed by atoms with E-state index in [-0.39, 0.29) is 25.0 Å². The molecule has 0 bridgehead atoms. The van der Waals surface area contributed by atoms with Crippen LogP contribution in [-0.4, -0.2) is 43.1 Å². The first-order valence-electron chi connectivity index (χ1n) is 6.50. The number of hydrogen-bond acceptors (Lipinski definition) is 6. The highest BCUT2D eigenvalue weighted by Crippen LogP contribution is 2.24. The maximum Gasteiger partial charge on any atom is 0.302 e. The van der Waals surface area contributed by atoms with Gasteiger partial charge in [-0.05, 0) is 20.3 Å². The highest BCUT2D eigenvalue weighted by atomic mass is 16.7. The van der Waals surface area contributed by atoms with Crippen molar-refractivity contribution in [3.8, 4) is 0 Å². The third-order valence-corrected chi connectivity index (χ3v) is 2.62. The minimum atomic E-state index is -0.481. The average molecular weight is 274 g/mol. The third kappa shape index (κ3) is 6.02. The Labute approximate surface area is 113 Å². The molecule has 0 aromatic rings. The summed E-state index contributed by atoms with van der Waals surface area (Å²) < 4.78 is 21.4. The fourth-order valence-electron chi connectivity index (χ4n) is 1.93. The lowest BCUT2D eigenvalue weighted by Gasteiger charge is -2.35. The van der Waals surface area contributed by atoms with E-state index in [1.807, 2.05) is 13.8 Å². The third-order valence-electron chi connectivity index (χ3n) is 2.62. The van der Waals surface area contributed by atoms with Gasteiger partial charge in [-0.1, -0.05) is 0 Å². The molecule has 1 rings (SSSR count). The van der Waals surface area contributed by atoms with Gasteiger partial charge in [-0.2, -0.15) is 0 Å². The monoisotopic (exact) mass is 274 g/mol. The van der Waals surface area contributed by atoms with E-state index >= 15 is 0 Å². The summed E-state index contributed by atoms with van der Waals surface area (Å²) in [5.74, 6) is -0.762. The maximum absolute atomic E-state index is 11.0. The van der Waals surface area contributed by atoms with E-state index in [2.05, 4.69) is 0 Å². The first-order chi connectivity index (χ1) is 8.88. The second-order valence-corrected chi connectivity index (χ2v) is 4.82. The van der Waals surface area contributed by atoms with Gasteiger partial charge in [0.05, 0.1) is 6.10 Å². The van der Waals surface area contributed by atoms with E-state index in [9.17, 15) is 9.59 Å². The van der Waals surface area contributed by atoms with Crippen LogP contribution in [0.2, 0.25) is 0 Å². The summed E-state index contributed by atoms with van der Waals surface area (Å²) in [4.78, 5) is 21.9. The van der Waals surface area contributed by atoms with Gasteiger partial charge in [0.1, 0.15) is 18.8 Å². The average Bonchev–Trinajstić information content (AvgIpc) is 2.27. The minimum absolute atomic E-state index is 0.0460. The van der Waals surface area contributed by atoms with Crippen LogP contribution < -0.4 is 0 Å². The van der Waals surface area contributed by atoms with Crippen LogP contribution in [0.15, 0.2) is 0 Å². The van der Waals surface area contributed by atoms with Gasteiger partial charge in [0.2, 0.25) is 0 Å². The molecule has 0 aromatic carbocycles. The number of hydrogen-bond donors (Lipinski definition) is 0. The minimum Gasteiger partial charge on any atom is -0.463 e. The van der Waals surface area contributed by atoms with E-state index in [0.29, 0.717) is 12.8 Å². The number of esters is 2. The maximum atomic E-state index is 11.0. The molecule has 0 saturated carbocycles. The Morgan fingerprint density at radius 2 is 1.89 bits per heavy atom. The standard InChI is InChI=1S/C13H22O6/c1-8(2)17-13-6-5-11(18-10(4)15)12(19-13)7-16-9(3)14/h8,11-13H,5-7H2,1-4H3/t11-,12+,13-/m0/s1. The molecule has 0 radical (unpaired) electrons. The smallest absolute Gasteiger partial charge is 0.302 e. The van der Waals surface area contributed by atoms with Crippen molar-refractivity contribution in [1.29, 1.82) is 0 Å². The van der Waals surface area contributed by atoms with Crippen LogP contribution >= 0.6 is 0 Å². The zero-order valence-electron chi connectivity index (χ0n) is 11.9. The number of ether oxygens (including phenoxy) is 4. The van der Waals surface area contributed by atoms with Gasteiger partial charge in [0.15, 0.2) is 6.29 Å². The zero-order valence-corrected chi connectivity index (χ0v) is 11.9. The van der Waals surface area contributed by atoms with E-state index in [1.54, 1.807) is 0 Å². The normalized spacial score (nSPS) is 27.1. The second-order valence-electron chi connectivity index (χ2n) is 4.82. The Balaban J connectivity index is 2.57. The number of carbonyl (C=O) groups excluding carboxylic acids is 2. The van der Waals surface area contributed by atoms with Crippen LogP contribution in [0.3, 0.4) is 0 Å². The molecule has 0 aromatic heterocycles. The molecule has 6 heteroatoms. The van der Waals surface area contributed by atoms with Gasteiger partial charge in [0.25, 0.3) is 0 Å². The Bertz CT molecular complexity index is 314. The van der Waals surface area contributed by atoms with E-state index in [0.717, 1.165) is 0 Å². The Morgan fingerprint density at radius 3 is 2.42 bits per heavy atom. The molecule has 19 heavy (non-hydrogen) atoms. The summed E-state index contributed by atoms with van der Waals surface area (Å²) in [5.41, 5.74) is 0. The molecular weight excluding hydrogens is 252 g/mol. The lowest BCUT2D eigenvalue weighted by atomic mass is 10.0. The van der Waals surface area contributed by atoms with Crippen LogP contribution in [0.25, 0.3) is 0 Å². The van der Waals surface area contributed by atoms with E-state index in [4.69, 9.17) is 18.9 Å². The molecule has 1 saturated heterocycles. The Hall–Kier alpha value is -1.14. The van der Waals surface area contributed by atoms with E-state index < -0.39 is 18.2 Å². The summed E-state index contributed by atoms with van der Waals surface area (Å²) in [6.07, 6.45) is 0.0847. The molecular formula is C13H22O6. The van der Waals surface area contributed by atoms with Gasteiger partial charge < -0.3 is 18.9 Å². The molecule has 0 amide bonds. The van der Waals surface area contributed by atoms with Crippen LogP contribution in [-0.2, 0) is 28.5 Å². The quantitative estimate of drug-likeness (QED) is 0.706. The van der Waals surface area contributed by atoms with Crippen molar-refractivity contribution in [1.82, 2.24) is 0 Å². The van der Waals surface area contributed by atoms with Crippen molar-refractivity contribution in [2.45, 2.75) is 65.1 Å². The highest BCUT2D eigenvalue weighted by Gasteiger charge is 2.35. The number of rotatable bonds is 5. The predicted molar refractivity (Wildman–Crippen MR) is 66.3 cm³/mol. The van der Waals surface area contributed by atoms with Crippen molar-refractivity contribution in [3.63, 3.8) is 0 Å². The van der Waals surface area contributed by atoms with Crippen molar-refractivity contribution >= 4 is 11.9 Å². The fraction of sp³-hybridized carbons (Fsp3) is 0.846. The SMILES string of the molecule is CC(=O)OC[C@H]1O[C@H](OC(C)C)CC[C@@H]1OC(C)=O. The molecule has 0 aliphatic carbocycles. The Kier molecular flexibility index (Phi) is 6.24. The van der Waals surface area contributed by atoms with Gasteiger partial charge in [-0.3, -0.25) is 9.59 Å². The van der Waals surface area contributed by atoms with Crippen LogP contribution in [0.4, 0.5) is 0 Å². The van der Waals surface area contributed by atoms with Gasteiger partial charge in [-0.25, -0.2) is 0 Å². The van der Waals surface area contributed by atoms with Crippen LogP contribution in [0.1, 0.15) is 40.5 Å². The van der Waals surface area contributed by atoms with Crippen molar-refractivity contribution in [2.75, 3.05) is 6.61 Å². The molecule has 0 unspecified atom stereocenters. The zero-order chi connectivity index (χ0) is 14.4. The molecule has 1 aliphatic rings. The first kappa shape index (κ1) is 15.9. The second kappa shape index (κ2) is 7.45. The summed E-state index contributed by atoms with van der Waals surface area (Å²) in [7, 11) is 0. The first-order valence-corrected chi connectivity index (χ1v) is 6.50.